The molecule has 0 aliphatic heterocycles. The molecule has 1 rings (SSSR count). The van der Waals surface area contributed by atoms with E-state index in [0.717, 1.165) is 25.1 Å². The van der Waals surface area contributed by atoms with Crippen LogP contribution in [0.5, 0.6) is 0 Å². The van der Waals surface area contributed by atoms with Crippen molar-refractivity contribution in [2.75, 3.05) is 26.9 Å². The van der Waals surface area contributed by atoms with Gasteiger partial charge in [-0.1, -0.05) is 18.5 Å². The van der Waals surface area contributed by atoms with Crippen molar-refractivity contribution in [3.05, 3.63) is 16.9 Å². The van der Waals surface area contributed by atoms with Gasteiger partial charge in [-0.15, -0.1) is 0 Å². The second-order valence-corrected chi connectivity index (χ2v) is 4.51. The lowest BCUT2D eigenvalue weighted by Crippen LogP contribution is -2.20. The van der Waals surface area contributed by atoms with Crippen molar-refractivity contribution >= 4 is 11.6 Å². The van der Waals surface area contributed by atoms with Gasteiger partial charge < -0.3 is 15.2 Å². The van der Waals surface area contributed by atoms with Crippen molar-refractivity contribution < 1.29 is 9.47 Å². The number of nitrogens with two attached hydrogens (primary N) is 1. The first-order valence-corrected chi connectivity index (χ1v) is 6.62. The highest BCUT2D eigenvalue weighted by molar-refractivity contribution is 6.31. The van der Waals surface area contributed by atoms with Crippen LogP contribution in [0.1, 0.15) is 31.5 Å². The fourth-order valence-electron chi connectivity index (χ4n) is 1.69. The monoisotopic (exact) mass is 275 g/mol. The van der Waals surface area contributed by atoms with Crippen LogP contribution in [0.2, 0.25) is 5.02 Å². The largest absolute Gasteiger partial charge is 0.383 e. The summed E-state index contributed by atoms with van der Waals surface area (Å²) in [5, 5.41) is 4.81. The average Bonchev–Trinajstić information content (AvgIpc) is 2.73. The van der Waals surface area contributed by atoms with Crippen LogP contribution in [-0.2, 0) is 16.0 Å². The number of nitrogens with zero attached hydrogens (tertiary/aromatic N) is 2. The van der Waals surface area contributed by atoms with Crippen LogP contribution in [0.15, 0.2) is 6.20 Å². The zero-order chi connectivity index (χ0) is 13.4. The van der Waals surface area contributed by atoms with Crippen molar-refractivity contribution in [2.45, 2.75) is 32.4 Å². The molecule has 1 atom stereocenters. The van der Waals surface area contributed by atoms with E-state index in [1.54, 1.807) is 18.0 Å². The molecular weight excluding hydrogens is 254 g/mol. The Morgan fingerprint density at radius 3 is 2.89 bits per heavy atom. The maximum atomic E-state index is 6.13. The maximum Gasteiger partial charge on any atom is 0.0834 e. The summed E-state index contributed by atoms with van der Waals surface area (Å²) in [6.45, 7) is 4.73. The molecule has 0 amide bonds. The molecule has 0 spiro atoms. The van der Waals surface area contributed by atoms with Gasteiger partial charge in [0.25, 0.3) is 0 Å². The van der Waals surface area contributed by atoms with Crippen LogP contribution in [0.3, 0.4) is 0 Å². The first-order chi connectivity index (χ1) is 8.70. The molecule has 0 radical (unpaired) electrons. The molecule has 0 fully saturated rings. The Balaban J connectivity index is 2.54. The summed E-state index contributed by atoms with van der Waals surface area (Å²) in [6.07, 6.45) is 3.37. The highest BCUT2D eigenvalue weighted by atomic mass is 35.5. The quantitative estimate of drug-likeness (QED) is 0.700. The standard InChI is InChI=1S/C12H22ClN3O2/c1-3-6-18-7-4-11(14)12-10(13)9-15-16(12)5-8-17-2/h9,11H,3-8,14H2,1-2H3. The normalized spacial score (nSPS) is 12.9. The lowest BCUT2D eigenvalue weighted by atomic mass is 10.1. The van der Waals surface area contributed by atoms with Gasteiger partial charge in [-0.2, -0.15) is 5.10 Å². The number of rotatable bonds is 9. The van der Waals surface area contributed by atoms with Crippen molar-refractivity contribution in [2.24, 2.45) is 5.73 Å². The molecule has 2 N–H and O–H groups in total. The Morgan fingerprint density at radius 1 is 1.44 bits per heavy atom. The molecule has 1 heterocycles. The Morgan fingerprint density at radius 2 is 2.22 bits per heavy atom. The van der Waals surface area contributed by atoms with Crippen LogP contribution in [-0.4, -0.2) is 36.7 Å². The zero-order valence-electron chi connectivity index (χ0n) is 11.1. The maximum absolute atomic E-state index is 6.13. The highest BCUT2D eigenvalue weighted by Gasteiger charge is 2.16. The first kappa shape index (κ1) is 15.4. The number of methoxy groups -OCH3 is 1. The molecule has 18 heavy (non-hydrogen) atoms. The predicted octanol–water partition coefficient (Wildman–Crippen LogP) is 2.00. The van der Waals surface area contributed by atoms with Gasteiger partial charge in [-0.25, -0.2) is 0 Å². The summed E-state index contributed by atoms with van der Waals surface area (Å²) in [6, 6.07) is -0.159. The summed E-state index contributed by atoms with van der Waals surface area (Å²) in [4.78, 5) is 0. The van der Waals surface area contributed by atoms with Crippen molar-refractivity contribution in [3.8, 4) is 0 Å². The molecule has 0 saturated heterocycles. The summed E-state index contributed by atoms with van der Waals surface area (Å²) in [5.41, 5.74) is 6.98. The summed E-state index contributed by atoms with van der Waals surface area (Å²) < 4.78 is 12.3. The topological polar surface area (TPSA) is 62.3 Å². The summed E-state index contributed by atoms with van der Waals surface area (Å²) >= 11 is 6.11. The Kier molecular flexibility index (Phi) is 7.27. The molecular formula is C12H22ClN3O2. The van der Waals surface area contributed by atoms with Gasteiger partial charge in [-0.05, 0) is 12.8 Å². The van der Waals surface area contributed by atoms with Crippen LogP contribution >= 0.6 is 11.6 Å². The highest BCUT2D eigenvalue weighted by Crippen LogP contribution is 2.23. The average molecular weight is 276 g/mol. The van der Waals surface area contributed by atoms with E-state index in [9.17, 15) is 0 Å². The van der Waals surface area contributed by atoms with Crippen molar-refractivity contribution in [3.63, 3.8) is 0 Å². The van der Waals surface area contributed by atoms with E-state index in [0.29, 0.717) is 24.8 Å². The zero-order valence-corrected chi connectivity index (χ0v) is 11.8. The molecule has 0 aromatic carbocycles. The SMILES string of the molecule is CCCOCCC(N)c1c(Cl)cnn1CCOC. The van der Waals surface area contributed by atoms with Crippen molar-refractivity contribution in [1.82, 2.24) is 9.78 Å². The van der Waals surface area contributed by atoms with Crippen LogP contribution in [0.4, 0.5) is 0 Å². The van der Waals surface area contributed by atoms with Crippen molar-refractivity contribution in [1.29, 1.82) is 0 Å². The molecule has 1 unspecified atom stereocenters. The number of halogens is 1. The summed E-state index contributed by atoms with van der Waals surface area (Å²) in [5.74, 6) is 0. The molecule has 1 aromatic rings. The Hall–Kier alpha value is -0.620. The number of hydrogen-bond acceptors (Lipinski definition) is 4. The van der Waals surface area contributed by atoms with Gasteiger partial charge in [0, 0.05) is 20.3 Å². The minimum absolute atomic E-state index is 0.159. The molecule has 104 valence electrons. The second-order valence-electron chi connectivity index (χ2n) is 4.10. The third kappa shape index (κ3) is 4.57. The first-order valence-electron chi connectivity index (χ1n) is 6.24. The lowest BCUT2D eigenvalue weighted by molar-refractivity contribution is 0.126. The van der Waals surface area contributed by atoms with E-state index in [1.807, 2.05) is 0 Å². The molecule has 6 heteroatoms. The molecule has 1 aromatic heterocycles. The number of hydrogen-bond donors (Lipinski definition) is 1. The minimum atomic E-state index is -0.159. The second kappa shape index (κ2) is 8.48. The third-order valence-electron chi connectivity index (χ3n) is 2.61. The van der Waals surface area contributed by atoms with Gasteiger partial charge >= 0.3 is 0 Å². The molecule has 5 nitrogen and oxygen atoms in total. The van der Waals surface area contributed by atoms with E-state index < -0.39 is 0 Å². The van der Waals surface area contributed by atoms with Crippen LogP contribution in [0.25, 0.3) is 0 Å². The van der Waals surface area contributed by atoms with E-state index in [1.165, 1.54) is 0 Å². The van der Waals surface area contributed by atoms with Gasteiger partial charge in [0.1, 0.15) is 0 Å². The number of aromatic nitrogens is 2. The third-order valence-corrected chi connectivity index (χ3v) is 2.90. The smallest absolute Gasteiger partial charge is 0.0834 e. The predicted molar refractivity (Wildman–Crippen MR) is 71.8 cm³/mol. The van der Waals surface area contributed by atoms with Gasteiger partial charge in [0.2, 0.25) is 0 Å². The molecule has 0 bridgehead atoms. The van der Waals surface area contributed by atoms with Gasteiger partial charge in [0.15, 0.2) is 0 Å². The Bertz CT molecular complexity index is 344. The van der Waals surface area contributed by atoms with Gasteiger partial charge in [-0.3, -0.25) is 4.68 Å². The Labute approximate surface area is 113 Å². The molecule has 0 aliphatic carbocycles. The fourth-order valence-corrected chi connectivity index (χ4v) is 1.97. The van der Waals surface area contributed by atoms with E-state index >= 15 is 0 Å². The lowest BCUT2D eigenvalue weighted by Gasteiger charge is -2.15. The van der Waals surface area contributed by atoms with Crippen LogP contribution in [0, 0.1) is 0 Å². The van der Waals surface area contributed by atoms with E-state index in [-0.39, 0.29) is 6.04 Å². The van der Waals surface area contributed by atoms with E-state index in [4.69, 9.17) is 26.8 Å². The van der Waals surface area contributed by atoms with Crippen LogP contribution < -0.4 is 5.73 Å². The summed E-state index contributed by atoms with van der Waals surface area (Å²) in [7, 11) is 1.66. The van der Waals surface area contributed by atoms with E-state index in [2.05, 4.69) is 12.0 Å². The molecule has 0 saturated carbocycles. The minimum Gasteiger partial charge on any atom is -0.383 e. The molecule has 0 aliphatic rings. The fraction of sp³-hybridized carbons (Fsp3) is 0.750. The van der Waals surface area contributed by atoms with Gasteiger partial charge in [0.05, 0.1) is 36.1 Å². The number of ether oxygens (including phenoxy) is 2.